The maximum Gasteiger partial charge on any atom is 0.344 e. The predicted octanol–water partition coefficient (Wildman–Crippen LogP) is 4.61. The molecule has 3 nitrogen and oxygen atoms in total. The van der Waals surface area contributed by atoms with Gasteiger partial charge < -0.3 is 9.47 Å². The lowest BCUT2D eigenvalue weighted by molar-refractivity contribution is -0.145. The maximum absolute atomic E-state index is 11.5. The first-order valence-corrected chi connectivity index (χ1v) is 8.43. The lowest BCUT2D eigenvalue weighted by atomic mass is 9.71. The molecule has 116 valence electrons. The lowest BCUT2D eigenvalue weighted by Gasteiger charge is -2.35. The van der Waals surface area contributed by atoms with Crippen LogP contribution in [0.15, 0.2) is 22.7 Å². The summed E-state index contributed by atoms with van der Waals surface area (Å²) in [5.74, 6) is 0.482. The fraction of sp³-hybridized carbons (Fsp3) is 0.588. The van der Waals surface area contributed by atoms with Crippen molar-refractivity contribution in [1.82, 2.24) is 0 Å². The van der Waals surface area contributed by atoms with E-state index in [1.165, 1.54) is 37.7 Å². The van der Waals surface area contributed by atoms with E-state index in [0.717, 1.165) is 10.2 Å². The number of hydrogen-bond acceptors (Lipinski definition) is 3. The quantitative estimate of drug-likeness (QED) is 0.724. The monoisotopic (exact) mass is 354 g/mol. The van der Waals surface area contributed by atoms with E-state index < -0.39 is 0 Å². The van der Waals surface area contributed by atoms with Crippen molar-refractivity contribution in [3.63, 3.8) is 0 Å². The summed E-state index contributed by atoms with van der Waals surface area (Å²) >= 11 is 3.54. The average molecular weight is 355 g/mol. The van der Waals surface area contributed by atoms with Crippen LogP contribution >= 0.6 is 15.9 Å². The molecular formula is C17H23BrO3. The van der Waals surface area contributed by atoms with Crippen molar-refractivity contribution in [3.05, 3.63) is 28.2 Å². The molecule has 1 aliphatic rings. The summed E-state index contributed by atoms with van der Waals surface area (Å²) in [6.45, 7) is 4.45. The van der Waals surface area contributed by atoms with Crippen molar-refractivity contribution in [2.24, 2.45) is 0 Å². The Bertz CT molecular complexity index is 493. The molecule has 0 aromatic heterocycles. The highest BCUT2D eigenvalue weighted by Crippen LogP contribution is 2.43. The highest BCUT2D eigenvalue weighted by molar-refractivity contribution is 9.10. The van der Waals surface area contributed by atoms with Crippen molar-refractivity contribution in [2.75, 3.05) is 13.2 Å². The number of ether oxygens (including phenoxy) is 2. The number of benzene rings is 1. The Morgan fingerprint density at radius 2 is 2.00 bits per heavy atom. The van der Waals surface area contributed by atoms with Crippen LogP contribution in [-0.2, 0) is 14.9 Å². The Morgan fingerprint density at radius 3 is 2.67 bits per heavy atom. The van der Waals surface area contributed by atoms with Crippen LogP contribution in [0.3, 0.4) is 0 Å². The summed E-state index contributed by atoms with van der Waals surface area (Å²) in [5.41, 5.74) is 1.33. The first-order chi connectivity index (χ1) is 10.0. The zero-order valence-corrected chi connectivity index (χ0v) is 14.4. The van der Waals surface area contributed by atoms with Crippen molar-refractivity contribution in [3.8, 4) is 5.75 Å². The van der Waals surface area contributed by atoms with Crippen molar-refractivity contribution in [2.45, 2.75) is 51.4 Å². The van der Waals surface area contributed by atoms with Gasteiger partial charge in [-0.1, -0.05) is 42.1 Å². The Balaban J connectivity index is 2.19. The Labute approximate surface area is 135 Å². The largest absolute Gasteiger partial charge is 0.482 e. The van der Waals surface area contributed by atoms with Gasteiger partial charge in [-0.3, -0.25) is 0 Å². The molecule has 21 heavy (non-hydrogen) atoms. The van der Waals surface area contributed by atoms with E-state index in [2.05, 4.69) is 28.9 Å². The molecule has 4 heteroatoms. The van der Waals surface area contributed by atoms with Crippen LogP contribution in [-0.4, -0.2) is 19.2 Å². The van der Waals surface area contributed by atoms with Crippen LogP contribution in [0, 0.1) is 0 Å². The van der Waals surface area contributed by atoms with Crippen LogP contribution in [0.1, 0.15) is 51.5 Å². The minimum Gasteiger partial charge on any atom is -0.482 e. The predicted molar refractivity (Wildman–Crippen MR) is 86.7 cm³/mol. The van der Waals surface area contributed by atoms with Gasteiger partial charge in [0, 0.05) is 10.0 Å². The van der Waals surface area contributed by atoms with E-state index in [9.17, 15) is 4.79 Å². The van der Waals surface area contributed by atoms with E-state index in [4.69, 9.17) is 9.47 Å². The van der Waals surface area contributed by atoms with Crippen LogP contribution in [0.4, 0.5) is 0 Å². The van der Waals surface area contributed by atoms with Gasteiger partial charge >= 0.3 is 5.97 Å². The van der Waals surface area contributed by atoms with Crippen molar-refractivity contribution in [1.29, 1.82) is 0 Å². The molecule has 0 amide bonds. The Morgan fingerprint density at radius 1 is 1.29 bits per heavy atom. The lowest BCUT2D eigenvalue weighted by Crippen LogP contribution is -2.26. The topological polar surface area (TPSA) is 35.5 Å². The normalized spacial score (nSPS) is 17.3. The molecule has 1 aromatic rings. The molecule has 1 aromatic carbocycles. The summed E-state index contributed by atoms with van der Waals surface area (Å²) in [7, 11) is 0. The maximum atomic E-state index is 11.5. The van der Waals surface area contributed by atoms with Gasteiger partial charge in [0.15, 0.2) is 6.61 Å². The minimum atomic E-state index is -0.319. The number of halogens is 1. The summed E-state index contributed by atoms with van der Waals surface area (Å²) in [6, 6.07) is 6.03. The highest BCUT2D eigenvalue weighted by Gasteiger charge is 2.31. The molecule has 0 spiro atoms. The zero-order chi connectivity index (χ0) is 15.3. The second-order valence-electron chi connectivity index (χ2n) is 5.86. The number of esters is 1. The van der Waals surface area contributed by atoms with E-state index >= 15 is 0 Å². The van der Waals surface area contributed by atoms with E-state index in [1.54, 1.807) is 6.92 Å². The molecular weight excluding hydrogens is 332 g/mol. The molecule has 0 unspecified atom stereocenters. The van der Waals surface area contributed by atoms with Gasteiger partial charge in [-0.2, -0.15) is 0 Å². The van der Waals surface area contributed by atoms with Gasteiger partial charge in [-0.15, -0.1) is 0 Å². The van der Waals surface area contributed by atoms with Crippen molar-refractivity contribution < 1.29 is 14.3 Å². The summed E-state index contributed by atoms with van der Waals surface area (Å²) in [5, 5.41) is 0. The summed E-state index contributed by atoms with van der Waals surface area (Å²) in [6.07, 6.45) is 6.14. The number of hydrogen-bond donors (Lipinski definition) is 0. The van der Waals surface area contributed by atoms with Crippen LogP contribution in [0.2, 0.25) is 0 Å². The second-order valence-corrected chi connectivity index (χ2v) is 6.77. The SMILES string of the molecule is CCOC(=O)COc1ccc(Br)cc1C1(C)CCCCC1. The van der Waals surface area contributed by atoms with Gasteiger partial charge in [0.2, 0.25) is 0 Å². The molecule has 0 aliphatic heterocycles. The molecule has 0 atom stereocenters. The molecule has 1 aliphatic carbocycles. The second kappa shape index (κ2) is 7.30. The number of carbonyl (C=O) groups excluding carboxylic acids is 1. The molecule has 2 rings (SSSR count). The van der Waals surface area contributed by atoms with Gasteiger partial charge in [-0.05, 0) is 43.4 Å². The molecule has 1 saturated carbocycles. The summed E-state index contributed by atoms with van der Waals surface area (Å²) < 4.78 is 11.7. The molecule has 1 fully saturated rings. The third-order valence-electron chi connectivity index (χ3n) is 4.20. The molecule has 0 bridgehead atoms. The van der Waals surface area contributed by atoms with Gasteiger partial charge in [0.25, 0.3) is 0 Å². The molecule has 0 heterocycles. The standard InChI is InChI=1S/C17H23BrO3/c1-3-20-16(19)12-21-15-8-7-13(18)11-14(15)17(2)9-5-4-6-10-17/h7-8,11H,3-6,9-10,12H2,1-2H3. The third kappa shape index (κ3) is 4.22. The number of carbonyl (C=O) groups is 1. The number of rotatable bonds is 5. The zero-order valence-electron chi connectivity index (χ0n) is 12.8. The van der Waals surface area contributed by atoms with Gasteiger partial charge in [0.05, 0.1) is 6.61 Å². The van der Waals surface area contributed by atoms with Crippen LogP contribution in [0.5, 0.6) is 5.75 Å². The molecule has 0 radical (unpaired) electrons. The molecule has 0 saturated heterocycles. The van der Waals surface area contributed by atoms with Crippen LogP contribution in [0.25, 0.3) is 0 Å². The fourth-order valence-corrected chi connectivity index (χ4v) is 3.40. The van der Waals surface area contributed by atoms with Gasteiger partial charge in [0.1, 0.15) is 5.75 Å². The smallest absolute Gasteiger partial charge is 0.344 e. The first kappa shape index (κ1) is 16.3. The van der Waals surface area contributed by atoms with E-state index in [1.807, 2.05) is 12.1 Å². The highest BCUT2D eigenvalue weighted by atomic mass is 79.9. The fourth-order valence-electron chi connectivity index (χ4n) is 3.04. The van der Waals surface area contributed by atoms with Crippen molar-refractivity contribution >= 4 is 21.9 Å². The Kier molecular flexibility index (Phi) is 5.68. The van der Waals surface area contributed by atoms with E-state index in [0.29, 0.717) is 6.61 Å². The first-order valence-electron chi connectivity index (χ1n) is 7.63. The Hall–Kier alpha value is -1.03. The summed E-state index contributed by atoms with van der Waals surface area (Å²) in [4.78, 5) is 11.5. The van der Waals surface area contributed by atoms with Gasteiger partial charge in [-0.25, -0.2) is 4.79 Å². The van der Waals surface area contributed by atoms with E-state index in [-0.39, 0.29) is 18.0 Å². The minimum absolute atomic E-state index is 0.0292. The average Bonchev–Trinajstić information content (AvgIpc) is 2.47. The third-order valence-corrected chi connectivity index (χ3v) is 4.69. The molecule has 0 N–H and O–H groups in total. The van der Waals surface area contributed by atoms with Crippen LogP contribution < -0.4 is 4.74 Å².